The summed E-state index contributed by atoms with van der Waals surface area (Å²) in [5.74, 6) is -0.337. The van der Waals surface area contributed by atoms with E-state index in [-0.39, 0.29) is 30.2 Å². The highest BCUT2D eigenvalue weighted by atomic mass is 35.5. The van der Waals surface area contributed by atoms with Crippen LogP contribution in [0.5, 0.6) is 0 Å². The first-order chi connectivity index (χ1) is 17.3. The van der Waals surface area contributed by atoms with Gasteiger partial charge in [-0.15, -0.1) is 0 Å². The number of nitrogens with one attached hydrogen (secondary N) is 1. The quantitative estimate of drug-likeness (QED) is 0.392. The number of nitrogens with zero attached hydrogens (tertiary/aromatic N) is 2. The second kappa shape index (κ2) is 11.1. The molecule has 2 atom stereocenters. The number of halogens is 1. The van der Waals surface area contributed by atoms with Gasteiger partial charge in [0.25, 0.3) is 5.91 Å². The predicted molar refractivity (Wildman–Crippen MR) is 144 cm³/mol. The molecule has 0 saturated heterocycles. The van der Waals surface area contributed by atoms with Gasteiger partial charge >= 0.3 is 0 Å². The number of benzene rings is 3. The van der Waals surface area contributed by atoms with Crippen molar-refractivity contribution < 1.29 is 14.4 Å². The minimum atomic E-state index is -0.631. The van der Waals surface area contributed by atoms with E-state index in [1.807, 2.05) is 62.4 Å². The van der Waals surface area contributed by atoms with Crippen LogP contribution in [-0.4, -0.2) is 41.2 Å². The molecule has 1 N–H and O–H groups in total. The van der Waals surface area contributed by atoms with Gasteiger partial charge in [0.2, 0.25) is 11.8 Å². The van der Waals surface area contributed by atoms with Crippen LogP contribution in [0.2, 0.25) is 5.02 Å². The molecule has 0 aromatic heterocycles. The van der Waals surface area contributed by atoms with E-state index < -0.39 is 6.04 Å². The average Bonchev–Trinajstić information content (AvgIpc) is 3.15. The molecule has 0 unspecified atom stereocenters. The standard InChI is InChI=1S/C29H32ClN3O3/c1-4-19(2)31-28(35)20(3)33(18-21-13-15-23(30)16-14-21)26(34)12-7-17-32-25-11-6-9-22-8-5-10-24(27(22)25)29(32)36/h5-6,8-11,13-16,19-20H,4,7,12,17-18H2,1-3H3,(H,31,35)/t19-,20-/m0/s1. The molecule has 188 valence electrons. The third-order valence-corrected chi connectivity index (χ3v) is 7.11. The Balaban J connectivity index is 1.46. The van der Waals surface area contributed by atoms with Crippen LogP contribution in [0.4, 0.5) is 5.69 Å². The van der Waals surface area contributed by atoms with Crippen molar-refractivity contribution in [2.45, 2.75) is 58.7 Å². The van der Waals surface area contributed by atoms with Crippen molar-refractivity contribution in [3.63, 3.8) is 0 Å². The Kier molecular flexibility index (Phi) is 7.94. The lowest BCUT2D eigenvalue weighted by molar-refractivity contribution is -0.140. The molecule has 4 rings (SSSR count). The fraction of sp³-hybridized carbons (Fsp3) is 0.345. The highest BCUT2D eigenvalue weighted by Crippen LogP contribution is 2.37. The van der Waals surface area contributed by atoms with Crippen molar-refractivity contribution in [3.8, 4) is 0 Å². The maximum atomic E-state index is 13.4. The molecule has 0 fully saturated rings. The molecule has 1 aliphatic heterocycles. The Hall–Kier alpha value is -3.38. The fourth-order valence-electron chi connectivity index (χ4n) is 4.57. The van der Waals surface area contributed by atoms with Gasteiger partial charge in [-0.1, -0.05) is 54.9 Å². The highest BCUT2D eigenvalue weighted by Gasteiger charge is 2.30. The minimum absolute atomic E-state index is 0.0259. The van der Waals surface area contributed by atoms with E-state index in [0.717, 1.165) is 28.4 Å². The second-order valence-electron chi connectivity index (χ2n) is 9.38. The van der Waals surface area contributed by atoms with E-state index in [2.05, 4.69) is 5.32 Å². The van der Waals surface area contributed by atoms with Crippen molar-refractivity contribution in [2.24, 2.45) is 0 Å². The van der Waals surface area contributed by atoms with Gasteiger partial charge in [-0.25, -0.2) is 0 Å². The Morgan fingerprint density at radius 1 is 1.03 bits per heavy atom. The number of carbonyl (C=O) groups is 3. The Bertz CT molecular complexity index is 1270. The third-order valence-electron chi connectivity index (χ3n) is 6.86. The van der Waals surface area contributed by atoms with E-state index >= 15 is 0 Å². The van der Waals surface area contributed by atoms with E-state index in [9.17, 15) is 14.4 Å². The van der Waals surface area contributed by atoms with Crippen molar-refractivity contribution in [3.05, 3.63) is 76.8 Å². The Labute approximate surface area is 217 Å². The summed E-state index contributed by atoms with van der Waals surface area (Å²) in [7, 11) is 0. The van der Waals surface area contributed by atoms with E-state index in [1.165, 1.54) is 0 Å². The highest BCUT2D eigenvalue weighted by molar-refractivity contribution is 6.30. The monoisotopic (exact) mass is 505 g/mol. The van der Waals surface area contributed by atoms with Crippen LogP contribution in [0.25, 0.3) is 10.8 Å². The Morgan fingerprint density at radius 2 is 1.72 bits per heavy atom. The number of anilines is 1. The van der Waals surface area contributed by atoms with Crippen LogP contribution in [0, 0.1) is 0 Å². The molecule has 3 amide bonds. The first-order valence-electron chi connectivity index (χ1n) is 12.5. The zero-order chi connectivity index (χ0) is 25.8. The summed E-state index contributed by atoms with van der Waals surface area (Å²) in [5.41, 5.74) is 2.49. The summed E-state index contributed by atoms with van der Waals surface area (Å²) in [5, 5.41) is 5.60. The van der Waals surface area contributed by atoms with Gasteiger partial charge in [-0.3, -0.25) is 14.4 Å². The minimum Gasteiger partial charge on any atom is -0.352 e. The van der Waals surface area contributed by atoms with Gasteiger partial charge in [0.15, 0.2) is 0 Å². The van der Waals surface area contributed by atoms with Crippen LogP contribution in [0.1, 0.15) is 56.0 Å². The van der Waals surface area contributed by atoms with Gasteiger partial charge in [0, 0.05) is 41.5 Å². The van der Waals surface area contributed by atoms with Gasteiger partial charge in [-0.2, -0.15) is 0 Å². The lowest BCUT2D eigenvalue weighted by atomic mass is 10.1. The van der Waals surface area contributed by atoms with Crippen LogP contribution in [-0.2, 0) is 16.1 Å². The molecule has 7 heteroatoms. The number of hydrogen-bond donors (Lipinski definition) is 1. The van der Waals surface area contributed by atoms with Crippen molar-refractivity contribution in [1.29, 1.82) is 0 Å². The fourth-order valence-corrected chi connectivity index (χ4v) is 4.69. The van der Waals surface area contributed by atoms with Crippen molar-refractivity contribution >= 4 is 45.8 Å². The SMILES string of the molecule is CC[C@H](C)NC(=O)[C@H](C)N(Cc1ccc(Cl)cc1)C(=O)CCCN1C(=O)c2cccc3cccc1c23. The van der Waals surface area contributed by atoms with Crippen molar-refractivity contribution in [2.75, 3.05) is 11.4 Å². The van der Waals surface area contributed by atoms with Gasteiger partial charge < -0.3 is 15.1 Å². The Morgan fingerprint density at radius 3 is 2.42 bits per heavy atom. The third kappa shape index (κ3) is 5.39. The van der Waals surface area contributed by atoms with Crippen LogP contribution >= 0.6 is 11.6 Å². The van der Waals surface area contributed by atoms with Crippen LogP contribution in [0.15, 0.2) is 60.7 Å². The summed E-state index contributed by atoms with van der Waals surface area (Å²) in [4.78, 5) is 42.7. The first-order valence-corrected chi connectivity index (χ1v) is 12.9. The summed E-state index contributed by atoms with van der Waals surface area (Å²) in [6.45, 7) is 6.44. The summed E-state index contributed by atoms with van der Waals surface area (Å²) in [6, 6.07) is 18.3. The molecule has 3 aromatic carbocycles. The molecule has 36 heavy (non-hydrogen) atoms. The van der Waals surface area contributed by atoms with Crippen molar-refractivity contribution in [1.82, 2.24) is 10.2 Å². The summed E-state index contributed by atoms with van der Waals surface area (Å²) < 4.78 is 0. The molecule has 1 heterocycles. The molecule has 3 aromatic rings. The number of amides is 3. The van der Waals surface area contributed by atoms with Crippen LogP contribution in [0.3, 0.4) is 0 Å². The zero-order valence-electron chi connectivity index (χ0n) is 21.0. The van der Waals surface area contributed by atoms with Crippen LogP contribution < -0.4 is 10.2 Å². The number of carbonyl (C=O) groups excluding carboxylic acids is 3. The summed E-state index contributed by atoms with van der Waals surface area (Å²) in [6.07, 6.45) is 1.53. The molecular formula is C29H32ClN3O3. The normalized spacial score (nSPS) is 14.1. The number of hydrogen-bond acceptors (Lipinski definition) is 3. The average molecular weight is 506 g/mol. The maximum absolute atomic E-state index is 13.4. The maximum Gasteiger partial charge on any atom is 0.258 e. The lowest BCUT2D eigenvalue weighted by Gasteiger charge is -2.30. The van der Waals surface area contributed by atoms with Gasteiger partial charge in [-0.05, 0) is 61.9 Å². The molecule has 0 spiro atoms. The van der Waals surface area contributed by atoms with Gasteiger partial charge in [0.05, 0.1) is 5.69 Å². The summed E-state index contributed by atoms with van der Waals surface area (Å²) >= 11 is 6.03. The lowest BCUT2D eigenvalue weighted by Crippen LogP contribution is -2.49. The van der Waals surface area contributed by atoms with E-state index in [4.69, 9.17) is 11.6 Å². The molecule has 0 radical (unpaired) electrons. The first kappa shape index (κ1) is 25.7. The molecule has 6 nitrogen and oxygen atoms in total. The topological polar surface area (TPSA) is 69.7 Å². The predicted octanol–water partition coefficient (Wildman–Crippen LogP) is 5.57. The van der Waals surface area contributed by atoms with E-state index in [0.29, 0.717) is 30.1 Å². The smallest absolute Gasteiger partial charge is 0.258 e. The molecule has 0 bridgehead atoms. The second-order valence-corrected chi connectivity index (χ2v) is 9.82. The van der Waals surface area contributed by atoms with E-state index in [1.54, 1.807) is 28.9 Å². The molecular weight excluding hydrogens is 474 g/mol. The molecule has 0 saturated carbocycles. The molecule has 1 aliphatic rings. The zero-order valence-corrected chi connectivity index (χ0v) is 21.7. The largest absolute Gasteiger partial charge is 0.352 e. The number of rotatable bonds is 10. The van der Waals surface area contributed by atoms with Gasteiger partial charge in [0.1, 0.15) is 6.04 Å². The molecule has 0 aliphatic carbocycles.